The standard InChI is InChI=1S/C12H9BrFNO2/c13-10-2-1-8(11(14)5-10)6-15-4-3-9(7-15)12(16)17/h1-5,7H,6H2,(H,16,17). The summed E-state index contributed by atoms with van der Waals surface area (Å²) in [5.41, 5.74) is 0.711. The van der Waals surface area contributed by atoms with Crippen molar-refractivity contribution in [3.63, 3.8) is 0 Å². The molecule has 0 aliphatic rings. The number of aromatic carboxylic acids is 1. The highest BCUT2D eigenvalue weighted by Gasteiger charge is 2.07. The van der Waals surface area contributed by atoms with Crippen LogP contribution in [0.2, 0.25) is 0 Å². The largest absolute Gasteiger partial charge is 0.478 e. The fourth-order valence-corrected chi connectivity index (χ4v) is 1.85. The molecule has 1 N–H and O–H groups in total. The monoisotopic (exact) mass is 297 g/mol. The van der Waals surface area contributed by atoms with Crippen LogP contribution in [0.3, 0.4) is 0 Å². The molecule has 1 aromatic carbocycles. The molecular formula is C12H9BrFNO2. The predicted octanol–water partition coefficient (Wildman–Crippen LogP) is 3.14. The summed E-state index contributed by atoms with van der Waals surface area (Å²) in [5.74, 6) is -1.30. The second kappa shape index (κ2) is 4.71. The number of carbonyl (C=O) groups is 1. The maximum Gasteiger partial charge on any atom is 0.337 e. The second-order valence-corrected chi connectivity index (χ2v) is 4.53. The molecule has 0 amide bonds. The Hall–Kier alpha value is -1.62. The van der Waals surface area contributed by atoms with E-state index in [-0.39, 0.29) is 11.4 Å². The molecular weight excluding hydrogens is 289 g/mol. The van der Waals surface area contributed by atoms with Crippen molar-refractivity contribution in [1.82, 2.24) is 4.57 Å². The van der Waals surface area contributed by atoms with E-state index in [1.54, 1.807) is 22.9 Å². The van der Waals surface area contributed by atoms with Crippen LogP contribution in [-0.2, 0) is 6.54 Å². The highest BCUT2D eigenvalue weighted by Crippen LogP contribution is 2.16. The molecule has 3 nitrogen and oxygen atoms in total. The number of halogens is 2. The fraction of sp³-hybridized carbons (Fsp3) is 0.0833. The van der Waals surface area contributed by atoms with Gasteiger partial charge < -0.3 is 9.67 Å². The number of hydrogen-bond acceptors (Lipinski definition) is 1. The van der Waals surface area contributed by atoms with E-state index in [2.05, 4.69) is 15.9 Å². The minimum Gasteiger partial charge on any atom is -0.478 e. The van der Waals surface area contributed by atoms with E-state index in [1.807, 2.05) is 0 Å². The first-order valence-corrected chi connectivity index (χ1v) is 5.68. The molecule has 0 atom stereocenters. The molecule has 2 rings (SSSR count). The van der Waals surface area contributed by atoms with Gasteiger partial charge in [-0.15, -0.1) is 0 Å². The molecule has 88 valence electrons. The average Bonchev–Trinajstić information content (AvgIpc) is 2.71. The molecule has 5 heteroatoms. The molecule has 17 heavy (non-hydrogen) atoms. The van der Waals surface area contributed by atoms with Crippen molar-refractivity contribution in [1.29, 1.82) is 0 Å². The van der Waals surface area contributed by atoms with Gasteiger partial charge in [-0.05, 0) is 18.2 Å². The van der Waals surface area contributed by atoms with Gasteiger partial charge in [0.1, 0.15) is 5.82 Å². The van der Waals surface area contributed by atoms with Crippen molar-refractivity contribution in [2.45, 2.75) is 6.54 Å². The molecule has 0 aliphatic carbocycles. The number of nitrogens with zero attached hydrogens (tertiary/aromatic N) is 1. The zero-order valence-electron chi connectivity index (χ0n) is 8.73. The number of carboxylic acids is 1. The van der Waals surface area contributed by atoms with Crippen LogP contribution >= 0.6 is 15.9 Å². The van der Waals surface area contributed by atoms with Crippen LogP contribution in [0.5, 0.6) is 0 Å². The highest BCUT2D eigenvalue weighted by molar-refractivity contribution is 9.10. The zero-order valence-corrected chi connectivity index (χ0v) is 10.3. The van der Waals surface area contributed by atoms with Crippen molar-refractivity contribution in [2.75, 3.05) is 0 Å². The quantitative estimate of drug-likeness (QED) is 0.946. The van der Waals surface area contributed by atoms with Crippen LogP contribution < -0.4 is 0 Å². The Morgan fingerprint density at radius 2 is 2.18 bits per heavy atom. The molecule has 0 aliphatic heterocycles. The summed E-state index contributed by atoms with van der Waals surface area (Å²) in [6, 6.07) is 6.29. The van der Waals surface area contributed by atoms with Crippen LogP contribution in [0.25, 0.3) is 0 Å². The van der Waals surface area contributed by atoms with E-state index in [9.17, 15) is 9.18 Å². The van der Waals surface area contributed by atoms with E-state index in [4.69, 9.17) is 5.11 Å². The predicted molar refractivity (Wildman–Crippen MR) is 64.6 cm³/mol. The van der Waals surface area contributed by atoms with Gasteiger partial charge in [0.25, 0.3) is 0 Å². The van der Waals surface area contributed by atoms with Gasteiger partial charge in [0.05, 0.1) is 5.56 Å². The topological polar surface area (TPSA) is 42.2 Å². The molecule has 0 spiro atoms. The SMILES string of the molecule is O=C(O)c1ccn(Cc2ccc(Br)cc2F)c1. The zero-order chi connectivity index (χ0) is 12.4. The minimum atomic E-state index is -0.986. The minimum absolute atomic E-state index is 0.197. The molecule has 0 unspecified atom stereocenters. The number of hydrogen-bond donors (Lipinski definition) is 1. The van der Waals surface area contributed by atoms with E-state index >= 15 is 0 Å². The molecule has 1 aromatic heterocycles. The van der Waals surface area contributed by atoms with Gasteiger partial charge >= 0.3 is 5.97 Å². The number of aromatic nitrogens is 1. The van der Waals surface area contributed by atoms with Gasteiger partial charge in [0.15, 0.2) is 0 Å². The third kappa shape index (κ3) is 2.74. The molecule has 0 fully saturated rings. The summed E-state index contributed by atoms with van der Waals surface area (Å²) in [6.07, 6.45) is 3.09. The van der Waals surface area contributed by atoms with Crippen LogP contribution in [0, 0.1) is 5.82 Å². The van der Waals surface area contributed by atoms with Gasteiger partial charge in [-0.25, -0.2) is 9.18 Å². The number of rotatable bonds is 3. The lowest BCUT2D eigenvalue weighted by molar-refractivity contribution is 0.0697. The summed E-state index contributed by atoms with van der Waals surface area (Å²) < 4.78 is 15.9. The van der Waals surface area contributed by atoms with E-state index < -0.39 is 5.97 Å². The van der Waals surface area contributed by atoms with Gasteiger partial charge in [0, 0.05) is 29.0 Å². The first-order valence-electron chi connectivity index (χ1n) is 4.89. The molecule has 0 bridgehead atoms. The lowest BCUT2D eigenvalue weighted by Crippen LogP contribution is -2.00. The van der Waals surface area contributed by atoms with E-state index in [1.165, 1.54) is 18.3 Å². The van der Waals surface area contributed by atoms with Gasteiger partial charge in [-0.2, -0.15) is 0 Å². The van der Waals surface area contributed by atoms with Gasteiger partial charge in [-0.1, -0.05) is 22.0 Å². The second-order valence-electron chi connectivity index (χ2n) is 3.61. The summed E-state index contributed by atoms with van der Waals surface area (Å²) in [6.45, 7) is 0.312. The molecule has 2 aromatic rings. The summed E-state index contributed by atoms with van der Waals surface area (Å²) in [4.78, 5) is 10.7. The Morgan fingerprint density at radius 1 is 1.41 bits per heavy atom. The lowest BCUT2D eigenvalue weighted by atomic mass is 10.2. The average molecular weight is 298 g/mol. The lowest BCUT2D eigenvalue weighted by Gasteiger charge is -2.04. The highest BCUT2D eigenvalue weighted by atomic mass is 79.9. The smallest absolute Gasteiger partial charge is 0.337 e. The van der Waals surface area contributed by atoms with Gasteiger partial charge in [-0.3, -0.25) is 0 Å². The van der Waals surface area contributed by atoms with Crippen molar-refractivity contribution in [2.24, 2.45) is 0 Å². The third-order valence-corrected chi connectivity index (χ3v) is 2.86. The Kier molecular flexibility index (Phi) is 3.28. The molecule has 0 saturated heterocycles. The van der Waals surface area contributed by atoms with Crippen LogP contribution in [0.1, 0.15) is 15.9 Å². The van der Waals surface area contributed by atoms with Crippen LogP contribution in [0.15, 0.2) is 41.1 Å². The van der Waals surface area contributed by atoms with Crippen LogP contribution in [0.4, 0.5) is 4.39 Å². The van der Waals surface area contributed by atoms with Gasteiger partial charge in [0.2, 0.25) is 0 Å². The molecule has 1 heterocycles. The van der Waals surface area contributed by atoms with Crippen molar-refractivity contribution in [3.05, 3.63) is 58.1 Å². The van der Waals surface area contributed by atoms with E-state index in [0.717, 1.165) is 0 Å². The van der Waals surface area contributed by atoms with Crippen molar-refractivity contribution < 1.29 is 14.3 Å². The Bertz CT molecular complexity index is 565. The van der Waals surface area contributed by atoms with Crippen LogP contribution in [-0.4, -0.2) is 15.6 Å². The number of carboxylic acid groups (broad SMARTS) is 1. The first-order chi connectivity index (χ1) is 8.06. The maximum absolute atomic E-state index is 13.5. The first kappa shape index (κ1) is 11.9. The molecule has 0 radical (unpaired) electrons. The molecule has 0 saturated carbocycles. The number of benzene rings is 1. The Morgan fingerprint density at radius 3 is 2.76 bits per heavy atom. The Balaban J connectivity index is 2.22. The summed E-state index contributed by atoms with van der Waals surface area (Å²) in [5, 5.41) is 8.76. The summed E-state index contributed by atoms with van der Waals surface area (Å²) in [7, 11) is 0. The van der Waals surface area contributed by atoms with E-state index in [0.29, 0.717) is 16.6 Å². The van der Waals surface area contributed by atoms with Crippen molar-refractivity contribution >= 4 is 21.9 Å². The Labute approximate surface area is 106 Å². The van der Waals surface area contributed by atoms with Crippen molar-refractivity contribution in [3.8, 4) is 0 Å². The third-order valence-electron chi connectivity index (χ3n) is 2.37. The normalized spacial score (nSPS) is 10.5. The fourth-order valence-electron chi connectivity index (χ4n) is 1.51. The maximum atomic E-state index is 13.5. The summed E-state index contributed by atoms with van der Waals surface area (Å²) >= 11 is 3.18.